The first-order valence-corrected chi connectivity index (χ1v) is 7.35. The molecular formula is C15H13F2NO2S. The predicted molar refractivity (Wildman–Crippen MR) is 76.6 cm³/mol. The molecule has 0 saturated heterocycles. The van der Waals surface area contributed by atoms with Crippen LogP contribution >= 0.6 is 11.8 Å². The summed E-state index contributed by atoms with van der Waals surface area (Å²) in [6.45, 7) is 0.212. The summed E-state index contributed by atoms with van der Waals surface area (Å²) in [5.74, 6) is 0.682. The van der Waals surface area contributed by atoms with E-state index in [0.717, 1.165) is 11.6 Å². The van der Waals surface area contributed by atoms with Gasteiger partial charge in [0.15, 0.2) is 11.5 Å². The Hall–Kier alpha value is -1.79. The molecule has 2 N–H and O–H groups in total. The highest BCUT2D eigenvalue weighted by atomic mass is 32.2. The van der Waals surface area contributed by atoms with Gasteiger partial charge in [-0.3, -0.25) is 0 Å². The average molecular weight is 309 g/mol. The van der Waals surface area contributed by atoms with Crippen LogP contribution in [0.15, 0.2) is 41.3 Å². The summed E-state index contributed by atoms with van der Waals surface area (Å²) in [5, 5.41) is 0. The summed E-state index contributed by atoms with van der Waals surface area (Å²) in [4.78, 5) is 0.382. The number of hydrogen-bond acceptors (Lipinski definition) is 4. The van der Waals surface area contributed by atoms with Crippen LogP contribution in [0.5, 0.6) is 11.5 Å². The summed E-state index contributed by atoms with van der Waals surface area (Å²) in [6, 6.07) is 8.73. The quantitative estimate of drug-likeness (QED) is 0.878. The number of halogens is 2. The predicted octanol–water partition coefficient (Wildman–Crippen LogP) is 3.49. The molecule has 0 aliphatic carbocycles. The summed E-state index contributed by atoms with van der Waals surface area (Å²) >= 11 is 1.25. The van der Waals surface area contributed by atoms with Crippen LogP contribution in [0.2, 0.25) is 0 Å². The second-order valence-corrected chi connectivity index (χ2v) is 5.67. The molecule has 110 valence electrons. The highest BCUT2D eigenvalue weighted by Gasteiger charge is 2.16. The lowest BCUT2D eigenvalue weighted by molar-refractivity contribution is 0.174. The Labute approximate surface area is 125 Å². The van der Waals surface area contributed by atoms with Crippen molar-refractivity contribution in [3.8, 4) is 11.5 Å². The van der Waals surface area contributed by atoms with Gasteiger partial charge in [-0.05, 0) is 29.8 Å². The minimum atomic E-state index is -0.586. The number of hydrogen-bond donors (Lipinski definition) is 1. The molecule has 6 heteroatoms. The van der Waals surface area contributed by atoms with Gasteiger partial charge in [0.2, 0.25) is 6.79 Å². The van der Waals surface area contributed by atoms with Crippen LogP contribution in [0.4, 0.5) is 8.78 Å². The first-order valence-electron chi connectivity index (χ1n) is 6.36. The van der Waals surface area contributed by atoms with E-state index in [1.165, 1.54) is 23.9 Å². The second kappa shape index (κ2) is 5.91. The Bertz CT molecular complexity index is 666. The van der Waals surface area contributed by atoms with Crippen molar-refractivity contribution in [1.82, 2.24) is 0 Å². The first-order chi connectivity index (χ1) is 10.1. The Balaban J connectivity index is 1.67. The lowest BCUT2D eigenvalue weighted by Crippen LogP contribution is -2.13. The number of ether oxygens (including phenoxy) is 2. The average Bonchev–Trinajstić information content (AvgIpc) is 2.93. The fourth-order valence-corrected chi connectivity index (χ4v) is 2.92. The minimum Gasteiger partial charge on any atom is -0.454 e. The Morgan fingerprint density at radius 1 is 1.10 bits per heavy atom. The number of fused-ring (bicyclic) bond motifs is 1. The Morgan fingerprint density at radius 2 is 1.90 bits per heavy atom. The molecule has 0 aromatic heterocycles. The molecule has 3 nitrogen and oxygen atoms in total. The molecule has 21 heavy (non-hydrogen) atoms. The summed E-state index contributed by atoms with van der Waals surface area (Å²) in [5.41, 5.74) is 6.99. The van der Waals surface area contributed by atoms with Gasteiger partial charge in [-0.25, -0.2) is 8.78 Å². The lowest BCUT2D eigenvalue weighted by atomic mass is 10.1. The maximum Gasteiger partial charge on any atom is 0.231 e. The molecule has 0 saturated carbocycles. The van der Waals surface area contributed by atoms with E-state index in [2.05, 4.69) is 0 Å². The largest absolute Gasteiger partial charge is 0.454 e. The zero-order chi connectivity index (χ0) is 14.8. The van der Waals surface area contributed by atoms with Gasteiger partial charge < -0.3 is 15.2 Å². The van der Waals surface area contributed by atoms with E-state index < -0.39 is 11.6 Å². The lowest BCUT2D eigenvalue weighted by Gasteiger charge is -2.12. The number of nitrogens with two attached hydrogens (primary N) is 1. The second-order valence-electron chi connectivity index (χ2n) is 4.60. The summed E-state index contributed by atoms with van der Waals surface area (Å²) in [7, 11) is 0. The molecule has 1 atom stereocenters. The van der Waals surface area contributed by atoms with Crippen LogP contribution in [0.1, 0.15) is 11.6 Å². The van der Waals surface area contributed by atoms with Crippen molar-refractivity contribution in [3.05, 3.63) is 53.6 Å². The third kappa shape index (κ3) is 3.11. The van der Waals surface area contributed by atoms with Crippen molar-refractivity contribution in [2.24, 2.45) is 5.73 Å². The van der Waals surface area contributed by atoms with Crippen LogP contribution in [-0.4, -0.2) is 12.5 Å². The van der Waals surface area contributed by atoms with E-state index in [1.807, 2.05) is 12.1 Å². The van der Waals surface area contributed by atoms with Crippen molar-refractivity contribution >= 4 is 11.8 Å². The zero-order valence-electron chi connectivity index (χ0n) is 11.0. The third-order valence-corrected chi connectivity index (χ3v) is 4.30. The molecule has 1 heterocycles. The molecular weight excluding hydrogens is 296 g/mol. The number of thioether (sulfide) groups is 1. The van der Waals surface area contributed by atoms with Gasteiger partial charge in [0.1, 0.15) is 11.6 Å². The summed E-state index contributed by atoms with van der Waals surface area (Å²) in [6.07, 6.45) is 0. The van der Waals surface area contributed by atoms with Crippen LogP contribution in [0.25, 0.3) is 0 Å². The molecule has 2 aromatic carbocycles. The van der Waals surface area contributed by atoms with E-state index in [0.29, 0.717) is 22.1 Å². The van der Waals surface area contributed by atoms with E-state index in [9.17, 15) is 8.78 Å². The maximum atomic E-state index is 13.5. The van der Waals surface area contributed by atoms with E-state index in [4.69, 9.17) is 15.2 Å². The summed E-state index contributed by atoms with van der Waals surface area (Å²) < 4.78 is 36.9. The highest BCUT2D eigenvalue weighted by Crippen LogP contribution is 2.35. The normalized spacial score (nSPS) is 14.2. The van der Waals surface area contributed by atoms with E-state index in [1.54, 1.807) is 6.07 Å². The molecule has 2 aromatic rings. The molecule has 0 fully saturated rings. The molecule has 1 aliphatic heterocycles. The zero-order valence-corrected chi connectivity index (χ0v) is 11.8. The third-order valence-electron chi connectivity index (χ3n) is 3.14. The molecule has 1 unspecified atom stereocenters. The van der Waals surface area contributed by atoms with Gasteiger partial charge in [-0.2, -0.15) is 0 Å². The molecule has 3 rings (SSSR count). The van der Waals surface area contributed by atoms with Crippen LogP contribution in [0.3, 0.4) is 0 Å². The van der Waals surface area contributed by atoms with Gasteiger partial charge in [-0.15, -0.1) is 11.8 Å². The Kier molecular flexibility index (Phi) is 3.98. The fourth-order valence-electron chi connectivity index (χ4n) is 2.01. The van der Waals surface area contributed by atoms with Gasteiger partial charge in [0.25, 0.3) is 0 Å². The van der Waals surface area contributed by atoms with Crippen LogP contribution in [0, 0.1) is 11.6 Å². The van der Waals surface area contributed by atoms with Crippen molar-refractivity contribution in [3.63, 3.8) is 0 Å². The number of benzene rings is 2. The molecule has 0 radical (unpaired) electrons. The van der Waals surface area contributed by atoms with Crippen molar-refractivity contribution in [2.75, 3.05) is 12.5 Å². The number of rotatable bonds is 4. The molecule has 1 aliphatic rings. The highest BCUT2D eigenvalue weighted by molar-refractivity contribution is 7.99. The van der Waals surface area contributed by atoms with Gasteiger partial charge >= 0.3 is 0 Å². The van der Waals surface area contributed by atoms with Crippen LogP contribution in [-0.2, 0) is 0 Å². The Morgan fingerprint density at radius 3 is 2.71 bits per heavy atom. The standard InChI is InChI=1S/C15H13F2NO2S/c16-10-2-4-15(11(17)6-10)21-7-12(18)9-1-3-13-14(5-9)20-8-19-13/h1-6,12H,7-8,18H2. The topological polar surface area (TPSA) is 44.5 Å². The smallest absolute Gasteiger partial charge is 0.231 e. The molecule has 0 bridgehead atoms. The monoisotopic (exact) mass is 309 g/mol. The van der Waals surface area contributed by atoms with Crippen molar-refractivity contribution in [2.45, 2.75) is 10.9 Å². The van der Waals surface area contributed by atoms with Gasteiger partial charge in [0.05, 0.1) is 0 Å². The SMILES string of the molecule is NC(CSc1ccc(F)cc1F)c1ccc2c(c1)OCO2. The van der Waals surface area contributed by atoms with E-state index in [-0.39, 0.29) is 12.8 Å². The molecule has 0 spiro atoms. The minimum absolute atomic E-state index is 0.212. The van der Waals surface area contributed by atoms with Crippen molar-refractivity contribution in [1.29, 1.82) is 0 Å². The van der Waals surface area contributed by atoms with Crippen molar-refractivity contribution < 1.29 is 18.3 Å². The van der Waals surface area contributed by atoms with Gasteiger partial charge in [0, 0.05) is 22.8 Å². The fraction of sp³-hybridized carbons (Fsp3) is 0.200. The van der Waals surface area contributed by atoms with Crippen LogP contribution < -0.4 is 15.2 Å². The maximum absolute atomic E-state index is 13.5. The molecule has 0 amide bonds. The van der Waals surface area contributed by atoms with E-state index >= 15 is 0 Å². The first kappa shape index (κ1) is 14.2. The van der Waals surface area contributed by atoms with Gasteiger partial charge in [-0.1, -0.05) is 6.07 Å².